The van der Waals surface area contributed by atoms with Crippen molar-refractivity contribution in [1.82, 2.24) is 5.32 Å². The van der Waals surface area contributed by atoms with Crippen molar-refractivity contribution in [2.45, 2.75) is 13.0 Å². The predicted octanol–water partition coefficient (Wildman–Crippen LogP) is 4.11. The lowest BCUT2D eigenvalue weighted by atomic mass is 10.1. The van der Waals surface area contributed by atoms with Crippen LogP contribution < -0.4 is 14.9 Å². The van der Waals surface area contributed by atoms with Crippen molar-refractivity contribution in [2.24, 2.45) is 0 Å². The molecule has 3 aromatic rings. The monoisotopic (exact) mass is 485 g/mol. The van der Waals surface area contributed by atoms with Crippen molar-refractivity contribution in [3.05, 3.63) is 71.1 Å². The van der Waals surface area contributed by atoms with Crippen LogP contribution in [-0.2, 0) is 14.8 Å². The van der Waals surface area contributed by atoms with Gasteiger partial charge in [0, 0.05) is 24.3 Å². The van der Waals surface area contributed by atoms with Gasteiger partial charge in [-0.1, -0.05) is 42.5 Å². The Balaban J connectivity index is 1.57. The zero-order valence-corrected chi connectivity index (χ0v) is 20.2. The number of nitrogens with zero attached hydrogens (tertiary/aromatic N) is 1. The molecule has 0 saturated carbocycles. The third-order valence-electron chi connectivity index (χ3n) is 5.36. The second-order valence-corrected chi connectivity index (χ2v) is 10.8. The zero-order chi connectivity index (χ0) is 23.4. The molecule has 1 aromatic heterocycles. The van der Waals surface area contributed by atoms with E-state index in [4.69, 9.17) is 4.74 Å². The SMILES string of the molecule is CC(NC(=O)c1cc(-c2ccccc2)c(N2CCOCC2)s1)c1cccc(NS(C)(=O)=O)c1. The van der Waals surface area contributed by atoms with E-state index in [9.17, 15) is 13.2 Å². The highest BCUT2D eigenvalue weighted by atomic mass is 32.2. The number of thiophene rings is 1. The van der Waals surface area contributed by atoms with Crippen molar-refractivity contribution in [2.75, 3.05) is 42.2 Å². The normalized spacial score (nSPS) is 15.2. The molecule has 0 radical (unpaired) electrons. The Morgan fingerprint density at radius 1 is 1.06 bits per heavy atom. The van der Waals surface area contributed by atoms with Gasteiger partial charge in [0.25, 0.3) is 5.91 Å². The van der Waals surface area contributed by atoms with Gasteiger partial charge in [-0.3, -0.25) is 9.52 Å². The van der Waals surface area contributed by atoms with E-state index >= 15 is 0 Å². The number of carbonyl (C=O) groups excluding carboxylic acids is 1. The molecule has 1 fully saturated rings. The number of anilines is 2. The van der Waals surface area contributed by atoms with Gasteiger partial charge in [-0.15, -0.1) is 11.3 Å². The van der Waals surface area contributed by atoms with Crippen molar-refractivity contribution < 1.29 is 17.9 Å². The van der Waals surface area contributed by atoms with Crippen LogP contribution in [0.1, 0.15) is 28.2 Å². The Kier molecular flexibility index (Phi) is 7.02. The largest absolute Gasteiger partial charge is 0.378 e. The lowest BCUT2D eigenvalue weighted by Gasteiger charge is -2.28. The number of hydrogen-bond donors (Lipinski definition) is 2. The van der Waals surface area contributed by atoms with Gasteiger partial charge < -0.3 is 15.0 Å². The van der Waals surface area contributed by atoms with Gasteiger partial charge in [-0.25, -0.2) is 8.42 Å². The average Bonchev–Trinajstić information content (AvgIpc) is 3.25. The number of rotatable bonds is 7. The summed E-state index contributed by atoms with van der Waals surface area (Å²) in [5, 5.41) is 4.12. The van der Waals surface area contributed by atoms with E-state index in [1.54, 1.807) is 18.2 Å². The minimum atomic E-state index is -3.37. The van der Waals surface area contributed by atoms with E-state index in [1.165, 1.54) is 11.3 Å². The first-order valence-electron chi connectivity index (χ1n) is 10.7. The molecular weight excluding hydrogens is 458 g/mol. The summed E-state index contributed by atoms with van der Waals surface area (Å²) >= 11 is 1.48. The van der Waals surface area contributed by atoms with E-state index in [-0.39, 0.29) is 11.9 Å². The number of amides is 1. The summed E-state index contributed by atoms with van der Waals surface area (Å²) in [5.74, 6) is -0.161. The van der Waals surface area contributed by atoms with Crippen molar-refractivity contribution in [3.8, 4) is 11.1 Å². The molecule has 1 atom stereocenters. The van der Waals surface area contributed by atoms with Crippen LogP contribution in [0.25, 0.3) is 11.1 Å². The molecule has 2 heterocycles. The molecule has 2 N–H and O–H groups in total. The average molecular weight is 486 g/mol. The van der Waals surface area contributed by atoms with E-state index in [2.05, 4.69) is 27.1 Å². The number of ether oxygens (including phenoxy) is 1. The minimum Gasteiger partial charge on any atom is -0.378 e. The maximum Gasteiger partial charge on any atom is 0.261 e. The molecular formula is C24H27N3O4S2. The smallest absolute Gasteiger partial charge is 0.261 e. The minimum absolute atomic E-state index is 0.161. The first-order valence-corrected chi connectivity index (χ1v) is 13.4. The Morgan fingerprint density at radius 3 is 2.48 bits per heavy atom. The highest BCUT2D eigenvalue weighted by Crippen LogP contribution is 2.39. The number of carbonyl (C=O) groups is 1. The number of hydrogen-bond acceptors (Lipinski definition) is 6. The van der Waals surface area contributed by atoms with Crippen LogP contribution >= 0.6 is 11.3 Å². The summed E-state index contributed by atoms with van der Waals surface area (Å²) in [4.78, 5) is 16.1. The number of sulfonamides is 1. The topological polar surface area (TPSA) is 87.7 Å². The van der Waals surface area contributed by atoms with E-state index in [0.29, 0.717) is 23.8 Å². The number of morpholine rings is 1. The molecule has 33 heavy (non-hydrogen) atoms. The van der Waals surface area contributed by atoms with Crippen LogP contribution in [0.5, 0.6) is 0 Å². The maximum absolute atomic E-state index is 13.2. The van der Waals surface area contributed by atoms with Gasteiger partial charge in [0.05, 0.1) is 35.4 Å². The summed E-state index contributed by atoms with van der Waals surface area (Å²) in [7, 11) is -3.37. The summed E-state index contributed by atoms with van der Waals surface area (Å²) in [6, 6.07) is 18.8. The van der Waals surface area contributed by atoms with Gasteiger partial charge in [0.15, 0.2) is 0 Å². The van der Waals surface area contributed by atoms with Gasteiger partial charge >= 0.3 is 0 Å². The molecule has 1 amide bonds. The highest BCUT2D eigenvalue weighted by Gasteiger charge is 2.23. The third-order valence-corrected chi connectivity index (χ3v) is 7.16. The lowest BCUT2D eigenvalue weighted by Crippen LogP contribution is -2.35. The Morgan fingerprint density at radius 2 is 1.79 bits per heavy atom. The second-order valence-electron chi connectivity index (χ2n) is 7.99. The van der Waals surface area contributed by atoms with Gasteiger partial charge in [0.1, 0.15) is 0 Å². The Labute approximate surface area is 198 Å². The van der Waals surface area contributed by atoms with E-state index in [0.717, 1.165) is 41.0 Å². The first-order chi connectivity index (χ1) is 15.8. The Hall–Kier alpha value is -2.88. The van der Waals surface area contributed by atoms with E-state index < -0.39 is 10.0 Å². The molecule has 1 aliphatic rings. The van der Waals surface area contributed by atoms with Crippen LogP contribution in [0.2, 0.25) is 0 Å². The molecule has 4 rings (SSSR count). The predicted molar refractivity (Wildman–Crippen MR) is 134 cm³/mol. The summed E-state index contributed by atoms with van der Waals surface area (Å²) in [6.07, 6.45) is 1.11. The van der Waals surface area contributed by atoms with Gasteiger partial charge in [-0.05, 0) is 36.2 Å². The standard InChI is InChI=1S/C24H27N3O4S2/c1-17(19-9-6-10-20(15-19)26-33(2,29)30)25-23(28)22-16-21(18-7-4-3-5-8-18)24(32-22)27-11-13-31-14-12-27/h3-10,15-17,26H,11-14H2,1-2H3,(H,25,28). The molecule has 1 aliphatic heterocycles. The molecule has 9 heteroatoms. The van der Waals surface area contributed by atoms with Crippen molar-refractivity contribution in [3.63, 3.8) is 0 Å². The van der Waals surface area contributed by atoms with Crippen LogP contribution in [0.3, 0.4) is 0 Å². The zero-order valence-electron chi connectivity index (χ0n) is 18.6. The molecule has 0 bridgehead atoms. The molecule has 0 aliphatic carbocycles. The van der Waals surface area contributed by atoms with Gasteiger partial charge in [-0.2, -0.15) is 0 Å². The third kappa shape index (κ3) is 5.93. The fraction of sp³-hybridized carbons (Fsp3) is 0.292. The summed E-state index contributed by atoms with van der Waals surface area (Å²) in [5.41, 5.74) is 3.39. The quantitative estimate of drug-likeness (QED) is 0.526. The van der Waals surface area contributed by atoms with Crippen molar-refractivity contribution >= 4 is 38.0 Å². The summed E-state index contributed by atoms with van der Waals surface area (Å²) < 4.78 is 31.0. The molecule has 7 nitrogen and oxygen atoms in total. The van der Waals surface area contributed by atoms with E-state index in [1.807, 2.05) is 37.3 Å². The molecule has 174 valence electrons. The van der Waals surface area contributed by atoms with Crippen LogP contribution in [0, 0.1) is 0 Å². The van der Waals surface area contributed by atoms with Crippen LogP contribution in [-0.4, -0.2) is 46.9 Å². The number of nitrogens with one attached hydrogen (secondary N) is 2. The summed E-state index contributed by atoms with van der Waals surface area (Å²) in [6.45, 7) is 4.80. The lowest BCUT2D eigenvalue weighted by molar-refractivity contribution is 0.0944. The Bertz CT molecular complexity index is 1220. The van der Waals surface area contributed by atoms with Crippen molar-refractivity contribution in [1.29, 1.82) is 0 Å². The fourth-order valence-corrected chi connectivity index (χ4v) is 5.45. The van der Waals surface area contributed by atoms with Gasteiger partial charge in [0.2, 0.25) is 10.0 Å². The maximum atomic E-state index is 13.2. The highest BCUT2D eigenvalue weighted by molar-refractivity contribution is 7.92. The molecule has 2 aromatic carbocycles. The first kappa shape index (κ1) is 23.3. The molecule has 0 spiro atoms. The van der Waals surface area contributed by atoms with Crippen LogP contribution in [0.4, 0.5) is 10.7 Å². The fourth-order valence-electron chi connectivity index (χ4n) is 3.76. The van der Waals surface area contributed by atoms with Crippen LogP contribution in [0.15, 0.2) is 60.7 Å². The molecule has 1 unspecified atom stereocenters. The molecule has 1 saturated heterocycles. The second kappa shape index (κ2) is 9.94. The number of benzene rings is 2.